The molecule has 0 aromatic carbocycles. The van der Waals surface area contributed by atoms with Crippen LogP contribution in [-0.4, -0.2) is 46.7 Å². The topological polar surface area (TPSA) is 68.2 Å². The summed E-state index contributed by atoms with van der Waals surface area (Å²) >= 11 is 1.96. The first-order chi connectivity index (χ1) is 9.74. The molecule has 0 aliphatic carbocycles. The SMILES string of the molecule is CCC(CCN)CCc1nc(C2CSCCN2C)no1. The molecule has 1 aliphatic rings. The zero-order valence-electron chi connectivity index (χ0n) is 12.5. The molecule has 20 heavy (non-hydrogen) atoms. The Morgan fingerprint density at radius 3 is 3.05 bits per heavy atom. The molecule has 1 aliphatic heterocycles. The molecule has 0 amide bonds. The summed E-state index contributed by atoms with van der Waals surface area (Å²) in [4.78, 5) is 6.90. The van der Waals surface area contributed by atoms with Gasteiger partial charge in [-0.25, -0.2) is 0 Å². The lowest BCUT2D eigenvalue weighted by Crippen LogP contribution is -2.33. The van der Waals surface area contributed by atoms with E-state index in [1.54, 1.807) is 0 Å². The zero-order chi connectivity index (χ0) is 14.4. The van der Waals surface area contributed by atoms with E-state index < -0.39 is 0 Å². The van der Waals surface area contributed by atoms with Crippen molar-refractivity contribution >= 4 is 11.8 Å². The standard InChI is InChI=1S/C14H26N4OS/c1-3-11(6-7-15)4-5-13-16-14(17-19-13)12-10-20-9-8-18(12)2/h11-12H,3-10,15H2,1-2H3. The fourth-order valence-corrected chi connectivity index (χ4v) is 3.79. The quantitative estimate of drug-likeness (QED) is 0.831. The van der Waals surface area contributed by atoms with Gasteiger partial charge in [-0.2, -0.15) is 16.7 Å². The lowest BCUT2D eigenvalue weighted by atomic mass is 9.97. The Hall–Kier alpha value is -0.590. The summed E-state index contributed by atoms with van der Waals surface area (Å²) in [5.74, 6) is 4.54. The highest BCUT2D eigenvalue weighted by Crippen LogP contribution is 2.26. The van der Waals surface area contributed by atoms with Crippen molar-refractivity contribution in [3.05, 3.63) is 11.7 Å². The van der Waals surface area contributed by atoms with Crippen LogP contribution in [-0.2, 0) is 6.42 Å². The highest BCUT2D eigenvalue weighted by Gasteiger charge is 2.25. The summed E-state index contributed by atoms with van der Waals surface area (Å²) in [6.07, 6.45) is 4.21. The number of aromatic nitrogens is 2. The Labute approximate surface area is 125 Å². The van der Waals surface area contributed by atoms with Crippen LogP contribution in [0.1, 0.15) is 43.9 Å². The lowest BCUT2D eigenvalue weighted by Gasteiger charge is -2.29. The molecule has 2 atom stereocenters. The second-order valence-corrected chi connectivity index (χ2v) is 6.66. The number of hydrogen-bond acceptors (Lipinski definition) is 6. The van der Waals surface area contributed by atoms with Crippen LogP contribution < -0.4 is 5.73 Å². The predicted octanol–water partition coefficient (Wildman–Crippen LogP) is 2.10. The maximum atomic E-state index is 5.63. The summed E-state index contributed by atoms with van der Waals surface area (Å²) in [5, 5.41) is 4.17. The first-order valence-corrected chi connectivity index (χ1v) is 8.70. The van der Waals surface area contributed by atoms with Crippen LogP contribution in [0.2, 0.25) is 0 Å². The molecular formula is C14H26N4OS. The van der Waals surface area contributed by atoms with E-state index in [-0.39, 0.29) is 0 Å². The molecule has 2 rings (SSSR count). The van der Waals surface area contributed by atoms with Gasteiger partial charge in [0.05, 0.1) is 6.04 Å². The van der Waals surface area contributed by atoms with Crippen molar-refractivity contribution < 1.29 is 4.52 Å². The predicted molar refractivity (Wildman–Crippen MR) is 82.8 cm³/mol. The Morgan fingerprint density at radius 2 is 2.35 bits per heavy atom. The number of nitrogens with two attached hydrogens (primary N) is 1. The van der Waals surface area contributed by atoms with Gasteiger partial charge in [0.2, 0.25) is 5.89 Å². The number of nitrogens with zero attached hydrogens (tertiary/aromatic N) is 3. The molecule has 0 spiro atoms. The van der Waals surface area contributed by atoms with Gasteiger partial charge in [-0.15, -0.1) is 0 Å². The van der Waals surface area contributed by atoms with Crippen molar-refractivity contribution in [3.63, 3.8) is 0 Å². The second-order valence-electron chi connectivity index (χ2n) is 5.51. The minimum Gasteiger partial charge on any atom is -0.339 e. The van der Waals surface area contributed by atoms with Gasteiger partial charge < -0.3 is 10.3 Å². The first kappa shape index (κ1) is 15.8. The lowest BCUT2D eigenvalue weighted by molar-refractivity contribution is 0.256. The van der Waals surface area contributed by atoms with E-state index in [0.717, 1.165) is 49.8 Å². The fourth-order valence-electron chi connectivity index (χ4n) is 2.58. The highest BCUT2D eigenvalue weighted by molar-refractivity contribution is 7.99. The second kappa shape index (κ2) is 8.00. The number of rotatable bonds is 7. The van der Waals surface area contributed by atoms with Crippen molar-refractivity contribution in [1.29, 1.82) is 0 Å². The molecule has 1 aromatic rings. The molecule has 0 radical (unpaired) electrons. The molecule has 2 unspecified atom stereocenters. The van der Waals surface area contributed by atoms with Crippen molar-refractivity contribution in [2.45, 2.75) is 38.6 Å². The summed E-state index contributed by atoms with van der Waals surface area (Å²) in [6, 6.07) is 0.303. The van der Waals surface area contributed by atoms with Gasteiger partial charge in [0.1, 0.15) is 0 Å². The van der Waals surface area contributed by atoms with Crippen LogP contribution in [0.3, 0.4) is 0 Å². The monoisotopic (exact) mass is 298 g/mol. The minimum atomic E-state index is 0.303. The van der Waals surface area contributed by atoms with E-state index in [0.29, 0.717) is 12.0 Å². The van der Waals surface area contributed by atoms with Gasteiger partial charge in [-0.1, -0.05) is 18.5 Å². The van der Waals surface area contributed by atoms with Gasteiger partial charge in [0, 0.05) is 24.5 Å². The Balaban J connectivity index is 1.88. The van der Waals surface area contributed by atoms with E-state index in [1.807, 2.05) is 11.8 Å². The smallest absolute Gasteiger partial charge is 0.226 e. The third kappa shape index (κ3) is 4.20. The van der Waals surface area contributed by atoms with Crippen molar-refractivity contribution in [2.75, 3.05) is 31.6 Å². The Bertz CT molecular complexity index is 398. The third-order valence-corrected chi connectivity index (χ3v) is 5.12. The van der Waals surface area contributed by atoms with Gasteiger partial charge in [-0.05, 0) is 32.4 Å². The van der Waals surface area contributed by atoms with E-state index in [4.69, 9.17) is 10.3 Å². The Kier molecular flexibility index (Phi) is 6.32. The van der Waals surface area contributed by atoms with Gasteiger partial charge in [0.25, 0.3) is 0 Å². The average Bonchev–Trinajstić information content (AvgIpc) is 2.92. The van der Waals surface area contributed by atoms with Crippen LogP contribution in [0, 0.1) is 5.92 Å². The zero-order valence-corrected chi connectivity index (χ0v) is 13.4. The van der Waals surface area contributed by atoms with E-state index in [1.165, 1.54) is 12.2 Å². The summed E-state index contributed by atoms with van der Waals surface area (Å²) in [6.45, 7) is 4.07. The number of thioether (sulfide) groups is 1. The van der Waals surface area contributed by atoms with Crippen LogP contribution in [0.4, 0.5) is 0 Å². The number of aryl methyl sites for hydroxylation is 1. The number of hydrogen-bond donors (Lipinski definition) is 1. The van der Waals surface area contributed by atoms with Gasteiger partial charge in [-0.3, -0.25) is 4.90 Å². The third-order valence-electron chi connectivity index (χ3n) is 4.10. The van der Waals surface area contributed by atoms with Crippen molar-refractivity contribution in [1.82, 2.24) is 15.0 Å². The molecule has 2 N–H and O–H groups in total. The molecule has 1 saturated heterocycles. The average molecular weight is 298 g/mol. The van der Waals surface area contributed by atoms with Gasteiger partial charge >= 0.3 is 0 Å². The van der Waals surface area contributed by atoms with E-state index in [2.05, 4.69) is 29.0 Å². The molecule has 6 heteroatoms. The molecule has 5 nitrogen and oxygen atoms in total. The summed E-state index contributed by atoms with van der Waals surface area (Å²) in [5.41, 5.74) is 5.63. The van der Waals surface area contributed by atoms with E-state index >= 15 is 0 Å². The van der Waals surface area contributed by atoms with Crippen LogP contribution >= 0.6 is 11.8 Å². The molecule has 1 aromatic heterocycles. The molecule has 2 heterocycles. The molecule has 114 valence electrons. The molecule has 0 bridgehead atoms. The molecule has 1 fully saturated rings. The van der Waals surface area contributed by atoms with Crippen LogP contribution in [0.15, 0.2) is 4.52 Å². The van der Waals surface area contributed by atoms with Crippen LogP contribution in [0.25, 0.3) is 0 Å². The minimum absolute atomic E-state index is 0.303. The van der Waals surface area contributed by atoms with Crippen molar-refractivity contribution in [2.24, 2.45) is 11.7 Å². The van der Waals surface area contributed by atoms with Crippen molar-refractivity contribution in [3.8, 4) is 0 Å². The summed E-state index contributed by atoms with van der Waals surface area (Å²) in [7, 11) is 2.13. The highest BCUT2D eigenvalue weighted by atomic mass is 32.2. The fraction of sp³-hybridized carbons (Fsp3) is 0.857. The first-order valence-electron chi connectivity index (χ1n) is 7.55. The molecule has 0 saturated carbocycles. The molecular weight excluding hydrogens is 272 g/mol. The maximum absolute atomic E-state index is 5.63. The van der Waals surface area contributed by atoms with E-state index in [9.17, 15) is 0 Å². The van der Waals surface area contributed by atoms with Gasteiger partial charge in [0.15, 0.2) is 5.82 Å². The Morgan fingerprint density at radius 1 is 1.50 bits per heavy atom. The maximum Gasteiger partial charge on any atom is 0.226 e. The normalized spacial score (nSPS) is 22.1. The van der Waals surface area contributed by atoms with Crippen LogP contribution in [0.5, 0.6) is 0 Å². The summed E-state index contributed by atoms with van der Waals surface area (Å²) < 4.78 is 5.41. The largest absolute Gasteiger partial charge is 0.339 e.